The second-order valence-electron chi connectivity index (χ2n) is 7.29. The van der Waals surface area contributed by atoms with Crippen molar-refractivity contribution in [1.82, 2.24) is 4.72 Å². The fourth-order valence-corrected chi connectivity index (χ4v) is 4.13. The van der Waals surface area contributed by atoms with E-state index in [4.69, 9.17) is 0 Å². The molecule has 2 atom stereocenters. The van der Waals surface area contributed by atoms with E-state index in [2.05, 4.69) is 18.6 Å². The summed E-state index contributed by atoms with van der Waals surface area (Å²) in [4.78, 5) is 0.272. The summed E-state index contributed by atoms with van der Waals surface area (Å²) in [5, 5.41) is 9.76. The highest BCUT2D eigenvalue weighted by Crippen LogP contribution is 2.22. The lowest BCUT2D eigenvalue weighted by molar-refractivity contribution is 0.174. The summed E-state index contributed by atoms with van der Waals surface area (Å²) in [7, 11) is -3.58. The first-order valence-corrected chi connectivity index (χ1v) is 10.6. The van der Waals surface area contributed by atoms with Crippen molar-refractivity contribution in [2.75, 3.05) is 6.54 Å². The minimum atomic E-state index is -3.58. The molecule has 4 nitrogen and oxygen atoms in total. The van der Waals surface area contributed by atoms with Gasteiger partial charge in [0.1, 0.15) is 0 Å². The fourth-order valence-electron chi connectivity index (χ4n) is 3.04. The third-order valence-electron chi connectivity index (χ3n) is 4.29. The number of aliphatic hydroxyl groups is 1. The van der Waals surface area contributed by atoms with E-state index >= 15 is 0 Å². The van der Waals surface area contributed by atoms with Crippen molar-refractivity contribution >= 4 is 10.0 Å². The SMILES string of the molecule is CC(C)Cc1ccc(S(=O)(=O)NC[C@@H](C[C@@H](C)O)c2ccccc2)cc1. The largest absolute Gasteiger partial charge is 0.393 e. The molecule has 26 heavy (non-hydrogen) atoms. The van der Waals surface area contributed by atoms with Gasteiger partial charge in [-0.25, -0.2) is 13.1 Å². The van der Waals surface area contributed by atoms with Crippen LogP contribution in [0.3, 0.4) is 0 Å². The molecule has 0 amide bonds. The van der Waals surface area contributed by atoms with E-state index < -0.39 is 16.1 Å². The lowest BCUT2D eigenvalue weighted by Crippen LogP contribution is -2.29. The van der Waals surface area contributed by atoms with Crippen LogP contribution in [0.25, 0.3) is 0 Å². The lowest BCUT2D eigenvalue weighted by Gasteiger charge is -2.20. The van der Waals surface area contributed by atoms with Crippen LogP contribution < -0.4 is 4.72 Å². The quantitative estimate of drug-likeness (QED) is 0.702. The molecule has 0 aliphatic carbocycles. The average Bonchev–Trinajstić information content (AvgIpc) is 2.59. The number of sulfonamides is 1. The smallest absolute Gasteiger partial charge is 0.240 e. The molecule has 2 aromatic carbocycles. The van der Waals surface area contributed by atoms with Crippen LogP contribution in [0.15, 0.2) is 59.5 Å². The van der Waals surface area contributed by atoms with Crippen molar-refractivity contribution in [2.24, 2.45) is 5.92 Å². The van der Waals surface area contributed by atoms with E-state index in [1.807, 2.05) is 42.5 Å². The summed E-state index contributed by atoms with van der Waals surface area (Å²) in [6.07, 6.45) is 0.929. The average molecular weight is 376 g/mol. The maximum absolute atomic E-state index is 12.6. The molecule has 0 fully saturated rings. The molecule has 0 radical (unpaired) electrons. The van der Waals surface area contributed by atoms with Gasteiger partial charge in [0.25, 0.3) is 0 Å². The van der Waals surface area contributed by atoms with Gasteiger partial charge in [0.2, 0.25) is 10.0 Å². The Morgan fingerprint density at radius 1 is 0.962 bits per heavy atom. The molecule has 0 aliphatic rings. The third kappa shape index (κ3) is 6.24. The van der Waals surface area contributed by atoms with Crippen molar-refractivity contribution in [1.29, 1.82) is 0 Å². The molecule has 2 rings (SSSR count). The van der Waals surface area contributed by atoms with Gasteiger partial charge in [-0.05, 0) is 54.9 Å². The predicted molar refractivity (Wildman–Crippen MR) is 106 cm³/mol. The van der Waals surface area contributed by atoms with Gasteiger partial charge in [0, 0.05) is 6.54 Å². The summed E-state index contributed by atoms with van der Waals surface area (Å²) in [6, 6.07) is 16.8. The second-order valence-corrected chi connectivity index (χ2v) is 9.05. The molecule has 0 aromatic heterocycles. The Labute approximate surface area is 157 Å². The van der Waals surface area contributed by atoms with Crippen LogP contribution in [-0.2, 0) is 16.4 Å². The molecule has 0 unspecified atom stereocenters. The van der Waals surface area contributed by atoms with Gasteiger partial charge >= 0.3 is 0 Å². The van der Waals surface area contributed by atoms with Gasteiger partial charge in [0.15, 0.2) is 0 Å². The number of aliphatic hydroxyl groups excluding tert-OH is 1. The number of rotatable bonds is 9. The summed E-state index contributed by atoms with van der Waals surface area (Å²) < 4.78 is 27.9. The van der Waals surface area contributed by atoms with Crippen LogP contribution in [0.2, 0.25) is 0 Å². The minimum Gasteiger partial charge on any atom is -0.393 e. The van der Waals surface area contributed by atoms with Gasteiger partial charge in [-0.3, -0.25) is 0 Å². The Kier molecular flexibility index (Phi) is 7.38. The highest BCUT2D eigenvalue weighted by molar-refractivity contribution is 7.89. The van der Waals surface area contributed by atoms with Crippen LogP contribution in [0.4, 0.5) is 0 Å². The Hall–Kier alpha value is -1.69. The Morgan fingerprint density at radius 2 is 1.58 bits per heavy atom. The normalized spacial score (nSPS) is 14.3. The van der Waals surface area contributed by atoms with Gasteiger partial charge in [-0.1, -0.05) is 56.3 Å². The van der Waals surface area contributed by atoms with Crippen LogP contribution in [0, 0.1) is 5.92 Å². The zero-order chi connectivity index (χ0) is 19.2. The van der Waals surface area contributed by atoms with Crippen LogP contribution in [0.5, 0.6) is 0 Å². The molecular formula is C21H29NO3S. The van der Waals surface area contributed by atoms with Crippen molar-refractivity contribution < 1.29 is 13.5 Å². The van der Waals surface area contributed by atoms with Crippen LogP contribution >= 0.6 is 0 Å². The highest BCUT2D eigenvalue weighted by atomic mass is 32.2. The molecule has 5 heteroatoms. The zero-order valence-corrected chi connectivity index (χ0v) is 16.5. The Bertz CT molecular complexity index is 769. The molecule has 0 aliphatic heterocycles. The summed E-state index contributed by atoms with van der Waals surface area (Å²) in [6.45, 7) is 6.25. The van der Waals surface area contributed by atoms with Crippen molar-refractivity contribution in [3.63, 3.8) is 0 Å². The summed E-state index contributed by atoms with van der Waals surface area (Å²) in [5.74, 6) is 0.453. The molecule has 0 heterocycles. The Morgan fingerprint density at radius 3 is 2.12 bits per heavy atom. The van der Waals surface area contributed by atoms with Gasteiger partial charge in [0.05, 0.1) is 11.0 Å². The van der Waals surface area contributed by atoms with E-state index in [0.29, 0.717) is 12.3 Å². The Balaban J connectivity index is 2.09. The molecule has 0 spiro atoms. The number of benzene rings is 2. The number of hydrogen-bond donors (Lipinski definition) is 2. The predicted octanol–water partition coefficient (Wildman–Crippen LogP) is 3.72. The van der Waals surface area contributed by atoms with Crippen molar-refractivity contribution in [3.05, 3.63) is 65.7 Å². The molecular weight excluding hydrogens is 346 g/mol. The van der Waals surface area contributed by atoms with E-state index in [-0.39, 0.29) is 17.4 Å². The van der Waals surface area contributed by atoms with Crippen molar-refractivity contribution in [3.8, 4) is 0 Å². The molecule has 0 bridgehead atoms. The molecule has 0 saturated heterocycles. The molecule has 2 aromatic rings. The first-order chi connectivity index (χ1) is 12.3. The fraction of sp³-hybridized carbons (Fsp3) is 0.429. The highest BCUT2D eigenvalue weighted by Gasteiger charge is 2.19. The van der Waals surface area contributed by atoms with E-state index in [1.54, 1.807) is 19.1 Å². The number of hydrogen-bond acceptors (Lipinski definition) is 3. The van der Waals surface area contributed by atoms with E-state index in [0.717, 1.165) is 17.5 Å². The lowest BCUT2D eigenvalue weighted by atomic mass is 9.94. The van der Waals surface area contributed by atoms with E-state index in [1.165, 1.54) is 0 Å². The van der Waals surface area contributed by atoms with Crippen LogP contribution in [0.1, 0.15) is 44.2 Å². The third-order valence-corrected chi connectivity index (χ3v) is 5.73. The molecule has 142 valence electrons. The summed E-state index contributed by atoms with van der Waals surface area (Å²) >= 11 is 0. The standard InChI is InChI=1S/C21H29NO3S/c1-16(2)13-18-9-11-21(12-10-18)26(24,25)22-15-20(14-17(3)23)19-7-5-4-6-8-19/h4-12,16-17,20,22-23H,13-15H2,1-3H3/t17-,20-/m1/s1. The topological polar surface area (TPSA) is 66.4 Å². The molecule has 2 N–H and O–H groups in total. The van der Waals surface area contributed by atoms with Crippen molar-refractivity contribution in [2.45, 2.75) is 50.5 Å². The minimum absolute atomic E-state index is 0.0776. The van der Waals surface area contributed by atoms with Gasteiger partial charge < -0.3 is 5.11 Å². The summed E-state index contributed by atoms with van der Waals surface area (Å²) in [5.41, 5.74) is 2.15. The first kappa shape index (κ1) is 20.6. The van der Waals surface area contributed by atoms with Gasteiger partial charge in [-0.2, -0.15) is 0 Å². The zero-order valence-electron chi connectivity index (χ0n) is 15.7. The maximum Gasteiger partial charge on any atom is 0.240 e. The first-order valence-electron chi connectivity index (χ1n) is 9.09. The van der Waals surface area contributed by atoms with Gasteiger partial charge in [-0.15, -0.1) is 0 Å². The van der Waals surface area contributed by atoms with E-state index in [9.17, 15) is 13.5 Å². The monoisotopic (exact) mass is 375 g/mol. The molecule has 0 saturated carbocycles. The second kappa shape index (κ2) is 9.31. The number of nitrogens with one attached hydrogen (secondary N) is 1. The maximum atomic E-state index is 12.6. The van der Waals surface area contributed by atoms with Crippen LogP contribution in [-0.4, -0.2) is 26.2 Å².